The molecule has 0 radical (unpaired) electrons. The normalized spacial score (nSPS) is 11.6. The number of aryl methyl sites for hydroxylation is 2. The molecule has 9 rings (SSSR count). The summed E-state index contributed by atoms with van der Waals surface area (Å²) in [5, 5.41) is 4.81. The first-order chi connectivity index (χ1) is 23.1. The van der Waals surface area contributed by atoms with Crippen LogP contribution in [0.2, 0.25) is 0 Å². The average Bonchev–Trinajstić information content (AvgIpc) is 3.61. The molecular formula is C42H31N5. The average molecular weight is 606 g/mol. The quantitative estimate of drug-likeness (QED) is 0.196. The standard InChI is InChI=1S/C42H31N5/c1-28-20-22-43-41(24-28)46-37-14-8-6-12-33(37)35-18-16-31(26-39(35)46)45(30-10-4-3-5-11-30)32-17-19-36-34-13-7-9-15-38(34)47(40(36)27-32)42-25-29(2)21-23-44-42/h3-27H,1-2H3. The van der Waals surface area contributed by atoms with Gasteiger partial charge in [0.05, 0.1) is 22.1 Å². The number of pyridine rings is 2. The van der Waals surface area contributed by atoms with Gasteiger partial charge in [-0.1, -0.05) is 66.7 Å². The minimum atomic E-state index is 0.913. The van der Waals surface area contributed by atoms with Crippen LogP contribution in [0.4, 0.5) is 17.1 Å². The maximum Gasteiger partial charge on any atom is 0.137 e. The Balaban J connectivity index is 1.31. The molecule has 5 aromatic carbocycles. The molecule has 0 saturated heterocycles. The Morgan fingerprint density at radius 3 is 1.34 bits per heavy atom. The molecule has 0 spiro atoms. The van der Waals surface area contributed by atoms with Gasteiger partial charge in [-0.25, -0.2) is 9.97 Å². The van der Waals surface area contributed by atoms with E-state index in [1.54, 1.807) is 0 Å². The van der Waals surface area contributed by atoms with E-state index in [9.17, 15) is 0 Å². The zero-order valence-electron chi connectivity index (χ0n) is 26.2. The first-order valence-electron chi connectivity index (χ1n) is 15.9. The first kappa shape index (κ1) is 27.1. The van der Waals surface area contributed by atoms with Crippen molar-refractivity contribution in [2.45, 2.75) is 13.8 Å². The van der Waals surface area contributed by atoms with Crippen molar-refractivity contribution in [3.63, 3.8) is 0 Å². The summed E-state index contributed by atoms with van der Waals surface area (Å²) in [6.45, 7) is 4.23. The molecule has 5 heteroatoms. The van der Waals surface area contributed by atoms with Crippen LogP contribution in [0.3, 0.4) is 0 Å². The molecule has 0 unspecified atom stereocenters. The largest absolute Gasteiger partial charge is 0.310 e. The number of nitrogens with zero attached hydrogens (tertiary/aromatic N) is 5. The lowest BCUT2D eigenvalue weighted by Crippen LogP contribution is -2.10. The van der Waals surface area contributed by atoms with Crippen molar-refractivity contribution in [2.24, 2.45) is 0 Å². The molecule has 0 aliphatic rings. The van der Waals surface area contributed by atoms with Crippen molar-refractivity contribution in [2.75, 3.05) is 4.90 Å². The van der Waals surface area contributed by atoms with Crippen molar-refractivity contribution < 1.29 is 0 Å². The second kappa shape index (κ2) is 10.7. The Hall–Kier alpha value is -6.20. The molecule has 0 amide bonds. The van der Waals surface area contributed by atoms with E-state index in [0.29, 0.717) is 0 Å². The number of fused-ring (bicyclic) bond motifs is 6. The van der Waals surface area contributed by atoms with Crippen LogP contribution in [0.5, 0.6) is 0 Å². The third kappa shape index (κ3) is 4.39. The van der Waals surface area contributed by atoms with Crippen molar-refractivity contribution in [1.29, 1.82) is 0 Å². The lowest BCUT2D eigenvalue weighted by atomic mass is 10.1. The van der Waals surface area contributed by atoms with E-state index in [2.05, 4.69) is 155 Å². The van der Waals surface area contributed by atoms with Gasteiger partial charge in [-0.2, -0.15) is 0 Å². The Kier molecular flexibility index (Phi) is 6.18. The summed E-state index contributed by atoms with van der Waals surface area (Å²) in [5.74, 6) is 1.83. The monoisotopic (exact) mass is 605 g/mol. The third-order valence-corrected chi connectivity index (χ3v) is 9.11. The third-order valence-electron chi connectivity index (χ3n) is 9.11. The van der Waals surface area contributed by atoms with Crippen LogP contribution in [-0.2, 0) is 0 Å². The minimum Gasteiger partial charge on any atom is -0.310 e. The second-order valence-corrected chi connectivity index (χ2v) is 12.2. The van der Waals surface area contributed by atoms with Gasteiger partial charge in [-0.3, -0.25) is 9.13 Å². The van der Waals surface area contributed by atoms with Crippen LogP contribution in [0.25, 0.3) is 55.2 Å². The summed E-state index contributed by atoms with van der Waals surface area (Å²) in [7, 11) is 0. The van der Waals surface area contributed by atoms with Gasteiger partial charge in [0.25, 0.3) is 0 Å². The van der Waals surface area contributed by atoms with Crippen LogP contribution in [0.15, 0.2) is 152 Å². The van der Waals surface area contributed by atoms with Gasteiger partial charge in [-0.15, -0.1) is 0 Å². The van der Waals surface area contributed by atoms with Gasteiger partial charge in [0, 0.05) is 51.0 Å². The van der Waals surface area contributed by atoms with Crippen LogP contribution in [0.1, 0.15) is 11.1 Å². The highest BCUT2D eigenvalue weighted by Gasteiger charge is 2.20. The van der Waals surface area contributed by atoms with Crippen molar-refractivity contribution in [1.82, 2.24) is 19.1 Å². The van der Waals surface area contributed by atoms with Gasteiger partial charge < -0.3 is 4.90 Å². The maximum atomic E-state index is 4.81. The van der Waals surface area contributed by atoms with Gasteiger partial charge >= 0.3 is 0 Å². The van der Waals surface area contributed by atoms with Crippen molar-refractivity contribution >= 4 is 60.7 Å². The Bertz CT molecular complexity index is 2450. The molecule has 224 valence electrons. The van der Waals surface area contributed by atoms with Crippen LogP contribution < -0.4 is 4.90 Å². The molecule has 47 heavy (non-hydrogen) atoms. The Labute approximate surface area is 272 Å². The summed E-state index contributed by atoms with van der Waals surface area (Å²) >= 11 is 0. The predicted molar refractivity (Wildman–Crippen MR) is 195 cm³/mol. The molecule has 0 N–H and O–H groups in total. The first-order valence-corrected chi connectivity index (χ1v) is 15.9. The molecule has 0 bridgehead atoms. The summed E-state index contributed by atoms with van der Waals surface area (Å²) in [6.07, 6.45) is 3.78. The number of benzene rings is 5. The molecule has 4 heterocycles. The zero-order chi connectivity index (χ0) is 31.5. The smallest absolute Gasteiger partial charge is 0.137 e. The van der Waals surface area contributed by atoms with Gasteiger partial charge in [0.15, 0.2) is 0 Å². The summed E-state index contributed by atoms with van der Waals surface area (Å²) in [4.78, 5) is 12.0. The second-order valence-electron chi connectivity index (χ2n) is 12.2. The van der Waals surface area contributed by atoms with Crippen LogP contribution in [0, 0.1) is 13.8 Å². The van der Waals surface area contributed by atoms with Gasteiger partial charge in [0.1, 0.15) is 11.6 Å². The molecule has 0 aliphatic carbocycles. The predicted octanol–water partition coefficient (Wildman–Crippen LogP) is 10.8. The van der Waals surface area contributed by atoms with E-state index in [0.717, 1.165) is 50.8 Å². The topological polar surface area (TPSA) is 38.9 Å². The fraction of sp³-hybridized carbons (Fsp3) is 0.0476. The number of rotatable bonds is 5. The lowest BCUT2D eigenvalue weighted by Gasteiger charge is -2.26. The SMILES string of the molecule is Cc1ccnc(-n2c3ccccc3c3ccc(N(c4ccccc4)c4ccc5c6ccccc6n(-c6cc(C)ccn6)c5c4)cc32)c1. The number of aromatic nitrogens is 4. The minimum absolute atomic E-state index is 0.913. The molecule has 0 fully saturated rings. The molecule has 0 aliphatic heterocycles. The molecule has 4 aromatic heterocycles. The number of para-hydroxylation sites is 3. The fourth-order valence-corrected chi connectivity index (χ4v) is 7.00. The highest BCUT2D eigenvalue weighted by Crippen LogP contribution is 2.41. The van der Waals surface area contributed by atoms with Crippen LogP contribution >= 0.6 is 0 Å². The van der Waals surface area contributed by atoms with Gasteiger partial charge in [0.2, 0.25) is 0 Å². The fourth-order valence-electron chi connectivity index (χ4n) is 7.00. The number of hydrogen-bond acceptors (Lipinski definition) is 3. The lowest BCUT2D eigenvalue weighted by molar-refractivity contribution is 1.07. The van der Waals surface area contributed by atoms with E-state index < -0.39 is 0 Å². The zero-order valence-corrected chi connectivity index (χ0v) is 26.2. The van der Waals surface area contributed by atoms with Crippen molar-refractivity contribution in [3.05, 3.63) is 163 Å². The van der Waals surface area contributed by atoms with E-state index in [1.165, 1.54) is 32.7 Å². The van der Waals surface area contributed by atoms with E-state index in [-0.39, 0.29) is 0 Å². The summed E-state index contributed by atoms with van der Waals surface area (Å²) in [6, 6.07) is 49.7. The van der Waals surface area contributed by atoms with E-state index >= 15 is 0 Å². The van der Waals surface area contributed by atoms with E-state index in [1.807, 2.05) is 24.5 Å². The molecule has 9 aromatic rings. The highest BCUT2D eigenvalue weighted by molar-refractivity contribution is 6.12. The van der Waals surface area contributed by atoms with Crippen LogP contribution in [-0.4, -0.2) is 19.1 Å². The summed E-state index contributed by atoms with van der Waals surface area (Å²) in [5.41, 5.74) is 10.1. The Morgan fingerprint density at radius 2 is 0.851 bits per heavy atom. The number of hydrogen-bond donors (Lipinski definition) is 0. The highest BCUT2D eigenvalue weighted by atomic mass is 15.2. The van der Waals surface area contributed by atoms with Gasteiger partial charge in [-0.05, 0) is 97.8 Å². The summed E-state index contributed by atoms with van der Waals surface area (Å²) < 4.78 is 4.57. The molecule has 5 nitrogen and oxygen atoms in total. The molecular weight excluding hydrogens is 574 g/mol. The van der Waals surface area contributed by atoms with Crippen molar-refractivity contribution in [3.8, 4) is 11.6 Å². The Morgan fingerprint density at radius 1 is 0.404 bits per heavy atom. The molecule has 0 atom stereocenters. The maximum absolute atomic E-state index is 4.81. The number of anilines is 3. The van der Waals surface area contributed by atoms with E-state index in [4.69, 9.17) is 9.97 Å². The molecule has 0 saturated carbocycles.